The first kappa shape index (κ1) is 63.9. The van der Waals surface area contributed by atoms with Crippen LogP contribution < -0.4 is 10.6 Å². The number of rotatable bonds is 12. The van der Waals surface area contributed by atoms with Crippen molar-refractivity contribution >= 4 is 116 Å². The van der Waals surface area contributed by atoms with E-state index in [1.165, 1.54) is 0 Å². The number of aromatic nitrogens is 9. The monoisotopic (exact) mass is 1390 g/mol. The van der Waals surface area contributed by atoms with Crippen molar-refractivity contribution < 1.29 is 9.59 Å². The topological polar surface area (TPSA) is 186 Å². The molecule has 0 spiro atoms. The zero-order chi connectivity index (χ0) is 72.0. The number of anilines is 2. The van der Waals surface area contributed by atoms with Gasteiger partial charge in [-0.1, -0.05) is 212 Å². The van der Waals surface area contributed by atoms with E-state index in [1.54, 1.807) is 42.5 Å². The molecule has 4 aliphatic rings. The highest BCUT2D eigenvalue weighted by Gasteiger charge is 2.24. The van der Waals surface area contributed by atoms with Gasteiger partial charge in [0.2, 0.25) is 0 Å². The van der Waals surface area contributed by atoms with Crippen LogP contribution in [0.25, 0.3) is 182 Å². The molecule has 0 atom stereocenters. The molecule has 0 aliphatic carbocycles. The fraction of sp³-hybridized carbons (Fsp3) is 0. The van der Waals surface area contributed by atoms with E-state index in [1.807, 2.05) is 109 Å². The van der Waals surface area contributed by atoms with Gasteiger partial charge in [0, 0.05) is 99.8 Å². The molecule has 8 aromatic carbocycles. The lowest BCUT2D eigenvalue weighted by Gasteiger charge is -2.10. The van der Waals surface area contributed by atoms with Crippen LogP contribution in [0.2, 0.25) is 0 Å². The van der Waals surface area contributed by atoms with Gasteiger partial charge >= 0.3 is 0 Å². The van der Waals surface area contributed by atoms with Crippen LogP contribution in [0.1, 0.15) is 66.3 Å². The Morgan fingerprint density at radius 3 is 0.574 bits per heavy atom. The summed E-state index contributed by atoms with van der Waals surface area (Å²) in [7, 11) is 0. The molecule has 0 saturated heterocycles. The lowest BCUT2D eigenvalue weighted by atomic mass is 10.0. The molecule has 13 nitrogen and oxygen atoms in total. The molecular weight excluding hydrogens is 1330 g/mol. The Labute approximate surface area is 620 Å². The summed E-state index contributed by atoms with van der Waals surface area (Å²) in [6, 6.07) is 99.1. The SMILES string of the molecule is O=C(Nc1cccc(NC(=O)c2ccc(-c3c4nc(c(-c5ccccc5)c5ccc([nH]5)c(-c5ccccc5)c5nc(c(-c6ccccc6)c6ccc3[nH]6)C=C5)C=C4)cc2)n1)c1ccc(-c2c3nc(c(-c4ccccc4)c4ccc([nH]4)c(-c4ccccc4)c4nc(c(-c5ccccc5)c5ccc2[nH]5)C=C4)C=C3)cc1. The summed E-state index contributed by atoms with van der Waals surface area (Å²) in [5.74, 6) is -0.250. The lowest BCUT2D eigenvalue weighted by molar-refractivity contribution is 0.101. The van der Waals surface area contributed by atoms with Crippen molar-refractivity contribution in [3.8, 4) is 89.0 Å². The molecule has 0 unspecified atom stereocenters. The van der Waals surface area contributed by atoms with Crippen molar-refractivity contribution in [1.82, 2.24) is 44.9 Å². The molecule has 108 heavy (non-hydrogen) atoms. The summed E-state index contributed by atoms with van der Waals surface area (Å²) in [5, 5.41) is 5.97. The second-order valence-electron chi connectivity index (χ2n) is 26.7. The van der Waals surface area contributed by atoms with Crippen LogP contribution in [-0.2, 0) is 0 Å². The maximum absolute atomic E-state index is 14.3. The van der Waals surface area contributed by atoms with Gasteiger partial charge in [0.05, 0.1) is 45.6 Å². The smallest absolute Gasteiger partial charge is 0.256 e. The number of H-pyrrole nitrogens is 4. The number of amides is 2. The molecule has 0 saturated carbocycles. The number of nitrogens with one attached hydrogen (secondary N) is 6. The highest BCUT2D eigenvalue weighted by Crippen LogP contribution is 2.42. The minimum Gasteiger partial charge on any atom is -0.354 e. The second-order valence-corrected chi connectivity index (χ2v) is 26.7. The van der Waals surface area contributed by atoms with E-state index >= 15 is 0 Å². The molecule has 0 fully saturated rings. The van der Waals surface area contributed by atoms with E-state index in [2.05, 4.69) is 225 Å². The zero-order valence-corrected chi connectivity index (χ0v) is 58.0. The summed E-state index contributed by atoms with van der Waals surface area (Å²) in [5.41, 5.74) is 29.4. The first-order valence-corrected chi connectivity index (χ1v) is 35.8. The number of hydrogen-bond donors (Lipinski definition) is 6. The average Bonchev–Trinajstić information content (AvgIpc) is 1.62. The zero-order valence-electron chi connectivity index (χ0n) is 58.0. The Morgan fingerprint density at radius 2 is 0.380 bits per heavy atom. The molecule has 4 aliphatic heterocycles. The Morgan fingerprint density at radius 1 is 0.194 bits per heavy atom. The van der Waals surface area contributed by atoms with Crippen molar-refractivity contribution in [3.63, 3.8) is 0 Å². The normalized spacial score (nSPS) is 12.0. The maximum Gasteiger partial charge on any atom is 0.256 e. The molecule has 15 aromatic rings. The fourth-order valence-corrected chi connectivity index (χ4v) is 15.0. The number of pyridine rings is 1. The third kappa shape index (κ3) is 12.1. The van der Waals surface area contributed by atoms with Crippen molar-refractivity contribution in [1.29, 1.82) is 0 Å². The first-order valence-electron chi connectivity index (χ1n) is 35.8. The highest BCUT2D eigenvalue weighted by molar-refractivity contribution is 6.08. The van der Waals surface area contributed by atoms with Gasteiger partial charge in [-0.2, -0.15) is 0 Å². The third-order valence-corrected chi connectivity index (χ3v) is 20.0. The molecule has 0 radical (unpaired) electrons. The molecule has 11 heterocycles. The van der Waals surface area contributed by atoms with E-state index in [0.717, 1.165) is 179 Å². The first-order chi connectivity index (χ1) is 53.3. The van der Waals surface area contributed by atoms with Crippen LogP contribution in [0.5, 0.6) is 0 Å². The van der Waals surface area contributed by atoms with Gasteiger partial charge in [0.1, 0.15) is 11.6 Å². The van der Waals surface area contributed by atoms with Gasteiger partial charge in [-0.3, -0.25) is 9.59 Å². The van der Waals surface area contributed by atoms with Gasteiger partial charge in [0.15, 0.2) is 0 Å². The van der Waals surface area contributed by atoms with Crippen LogP contribution in [0.3, 0.4) is 0 Å². The molecular formula is C95H63N11O2. The summed E-state index contributed by atoms with van der Waals surface area (Å²) >= 11 is 0. The Balaban J connectivity index is 0.647. The minimum atomic E-state index is -0.382. The molecule has 7 aromatic heterocycles. The Hall–Kier alpha value is -15.0. The van der Waals surface area contributed by atoms with Gasteiger partial charge in [0.25, 0.3) is 11.8 Å². The quantitative estimate of drug-likeness (QED) is 0.0703. The molecule has 19 rings (SSSR count). The van der Waals surface area contributed by atoms with Crippen molar-refractivity contribution in [2.45, 2.75) is 0 Å². The number of fused-ring (bicyclic) bond motifs is 16. The number of benzene rings is 8. The van der Waals surface area contributed by atoms with Crippen LogP contribution in [-0.4, -0.2) is 56.7 Å². The van der Waals surface area contributed by atoms with Gasteiger partial charge in [-0.05, 0) is 178 Å². The van der Waals surface area contributed by atoms with E-state index in [4.69, 9.17) is 24.9 Å². The lowest BCUT2D eigenvalue weighted by Crippen LogP contribution is -2.15. The van der Waals surface area contributed by atoms with Gasteiger partial charge < -0.3 is 30.6 Å². The van der Waals surface area contributed by atoms with Crippen LogP contribution in [0, 0.1) is 0 Å². The van der Waals surface area contributed by atoms with Crippen molar-refractivity contribution in [3.05, 3.63) is 354 Å². The standard InChI is InChI=1S/C95H63N11O2/c107-94(66-38-34-64(35-39-66)92-80-54-50-76(100-80)88(60-24-11-3-12-25-60)72-46-42-68(96-72)86(58-20-7-1-8-21-58)69-43-47-73(97-69)89(61-26-13-4-14-27-61)77-51-55-81(92)101-77)105-84-32-19-33-85(104-84)106-95(108)67-40-36-65(37-41-67)93-82-56-52-78(102-82)90(62-28-15-5-16-29-62)74-48-44-70(98-74)87(59-22-9-2-10-23-59)71-45-49-75(99-71)91(63-30-17-6-18-31-63)79-53-57-83(93)103-79/h1-57,96,98,101,103H,(H2,104,105,106,107,108). The van der Waals surface area contributed by atoms with Crippen LogP contribution in [0.15, 0.2) is 297 Å². The Bertz CT molecular complexity index is 6120. The number of hydrogen-bond acceptors (Lipinski definition) is 7. The fourth-order valence-electron chi connectivity index (χ4n) is 15.0. The molecule has 6 N–H and O–H groups in total. The number of carbonyl (C=O) groups is 2. The molecule has 16 bridgehead atoms. The number of carbonyl (C=O) groups excluding carboxylic acids is 2. The molecule has 13 heteroatoms. The summed E-state index contributed by atoms with van der Waals surface area (Å²) in [4.78, 5) is 70.5. The van der Waals surface area contributed by atoms with Crippen molar-refractivity contribution in [2.24, 2.45) is 0 Å². The second kappa shape index (κ2) is 27.3. The number of nitrogens with zero attached hydrogens (tertiary/aromatic N) is 5. The predicted molar refractivity (Wildman–Crippen MR) is 441 cm³/mol. The van der Waals surface area contributed by atoms with Gasteiger partial charge in [-0.25, -0.2) is 24.9 Å². The van der Waals surface area contributed by atoms with Gasteiger partial charge in [-0.15, -0.1) is 0 Å². The Kier molecular flexibility index (Phi) is 16.2. The third-order valence-electron chi connectivity index (χ3n) is 20.0. The van der Waals surface area contributed by atoms with Crippen molar-refractivity contribution in [2.75, 3.05) is 10.6 Å². The van der Waals surface area contributed by atoms with E-state index in [9.17, 15) is 9.59 Å². The minimum absolute atomic E-state index is 0.257. The van der Waals surface area contributed by atoms with Crippen LogP contribution >= 0.6 is 0 Å². The average molecular weight is 1390 g/mol. The van der Waals surface area contributed by atoms with E-state index < -0.39 is 0 Å². The maximum atomic E-state index is 14.3. The predicted octanol–water partition coefficient (Wildman–Crippen LogP) is 22.9. The summed E-state index contributed by atoms with van der Waals surface area (Å²) < 4.78 is 0. The molecule has 2 amide bonds. The highest BCUT2D eigenvalue weighted by atomic mass is 16.2. The van der Waals surface area contributed by atoms with Crippen LogP contribution in [0.4, 0.5) is 11.6 Å². The molecule has 510 valence electrons. The number of aromatic amines is 4. The summed E-state index contributed by atoms with van der Waals surface area (Å²) in [6.45, 7) is 0. The summed E-state index contributed by atoms with van der Waals surface area (Å²) in [6.07, 6.45) is 16.7. The largest absolute Gasteiger partial charge is 0.354 e. The van der Waals surface area contributed by atoms with E-state index in [-0.39, 0.29) is 23.5 Å². The van der Waals surface area contributed by atoms with E-state index in [0.29, 0.717) is 11.1 Å².